The molecule has 15 heavy (non-hydrogen) atoms. The molecule has 0 saturated heterocycles. The van der Waals surface area contributed by atoms with Gasteiger partial charge >= 0.3 is 0 Å². The molecular formula is C13H27NO. The maximum absolute atomic E-state index is 5.45. The van der Waals surface area contributed by atoms with Gasteiger partial charge in [0.1, 0.15) is 0 Å². The van der Waals surface area contributed by atoms with Gasteiger partial charge in [-0.15, -0.1) is 0 Å². The number of rotatable bonds is 7. The molecule has 1 fully saturated rings. The van der Waals surface area contributed by atoms with Crippen LogP contribution in [0.25, 0.3) is 0 Å². The molecular weight excluding hydrogens is 186 g/mol. The van der Waals surface area contributed by atoms with Crippen molar-refractivity contribution in [1.82, 2.24) is 5.32 Å². The fourth-order valence-electron chi connectivity index (χ4n) is 1.54. The van der Waals surface area contributed by atoms with Crippen LogP contribution in [0.4, 0.5) is 0 Å². The van der Waals surface area contributed by atoms with Gasteiger partial charge in [-0.3, -0.25) is 0 Å². The highest BCUT2D eigenvalue weighted by Crippen LogP contribution is 2.28. The maximum atomic E-state index is 5.45. The molecule has 90 valence electrons. The lowest BCUT2D eigenvalue weighted by molar-refractivity contribution is 0.00589. The van der Waals surface area contributed by atoms with E-state index in [9.17, 15) is 0 Å². The van der Waals surface area contributed by atoms with E-state index in [0.717, 1.165) is 19.0 Å². The van der Waals surface area contributed by atoms with E-state index >= 15 is 0 Å². The molecule has 2 nitrogen and oxygen atoms in total. The molecule has 0 aromatic rings. The molecule has 1 aliphatic carbocycles. The Labute approximate surface area is 94.8 Å². The highest BCUT2D eigenvalue weighted by atomic mass is 16.5. The van der Waals surface area contributed by atoms with E-state index in [4.69, 9.17) is 4.74 Å². The predicted molar refractivity (Wildman–Crippen MR) is 65.1 cm³/mol. The number of hydrogen-bond donors (Lipinski definition) is 1. The maximum Gasteiger partial charge on any atom is 0.0623 e. The van der Waals surface area contributed by atoms with Gasteiger partial charge in [0.05, 0.1) is 5.60 Å². The van der Waals surface area contributed by atoms with E-state index in [2.05, 4.69) is 33.0 Å². The summed E-state index contributed by atoms with van der Waals surface area (Å²) in [4.78, 5) is 0. The fraction of sp³-hybridized carbons (Fsp3) is 1.00. The van der Waals surface area contributed by atoms with Gasteiger partial charge in [-0.2, -0.15) is 0 Å². The van der Waals surface area contributed by atoms with Gasteiger partial charge in [0.25, 0.3) is 0 Å². The Kier molecular flexibility index (Phi) is 4.19. The zero-order chi connectivity index (χ0) is 11.5. The van der Waals surface area contributed by atoms with Gasteiger partial charge in [-0.25, -0.2) is 0 Å². The van der Waals surface area contributed by atoms with Gasteiger partial charge in [0, 0.05) is 19.7 Å². The highest BCUT2D eigenvalue weighted by Gasteiger charge is 2.27. The first-order chi connectivity index (χ1) is 6.85. The zero-order valence-corrected chi connectivity index (χ0v) is 11.0. The third-order valence-corrected chi connectivity index (χ3v) is 3.40. The van der Waals surface area contributed by atoms with E-state index in [1.54, 1.807) is 7.11 Å². The third-order valence-electron chi connectivity index (χ3n) is 3.40. The van der Waals surface area contributed by atoms with Crippen LogP contribution in [0.15, 0.2) is 0 Å². The molecule has 0 unspecified atom stereocenters. The SMILES string of the molecule is COC(C)(C)CCC(C)(C)CNC1CC1. The molecule has 0 aromatic carbocycles. The van der Waals surface area contributed by atoms with Crippen molar-refractivity contribution in [2.45, 2.75) is 65.0 Å². The molecule has 0 aliphatic heterocycles. The van der Waals surface area contributed by atoms with Crippen LogP contribution in [0.1, 0.15) is 53.4 Å². The molecule has 0 spiro atoms. The quantitative estimate of drug-likeness (QED) is 0.702. The minimum Gasteiger partial charge on any atom is -0.379 e. The van der Waals surface area contributed by atoms with Gasteiger partial charge < -0.3 is 10.1 Å². The Morgan fingerprint density at radius 1 is 1.13 bits per heavy atom. The Morgan fingerprint density at radius 2 is 1.73 bits per heavy atom. The Hall–Kier alpha value is -0.0800. The van der Waals surface area contributed by atoms with Crippen molar-refractivity contribution in [2.24, 2.45) is 5.41 Å². The number of nitrogens with one attached hydrogen (secondary N) is 1. The summed E-state index contributed by atoms with van der Waals surface area (Å²) in [5.74, 6) is 0. The lowest BCUT2D eigenvalue weighted by Crippen LogP contribution is -2.33. The normalized spacial score (nSPS) is 18.2. The topological polar surface area (TPSA) is 21.3 Å². The summed E-state index contributed by atoms with van der Waals surface area (Å²) in [5.41, 5.74) is 0.412. The molecule has 2 heteroatoms. The first-order valence-electron chi connectivity index (χ1n) is 6.13. The van der Waals surface area contributed by atoms with Crippen LogP contribution < -0.4 is 5.32 Å². The summed E-state index contributed by atoms with van der Waals surface area (Å²) >= 11 is 0. The van der Waals surface area contributed by atoms with Gasteiger partial charge in [-0.1, -0.05) is 13.8 Å². The van der Waals surface area contributed by atoms with E-state index in [1.807, 2.05) is 0 Å². The van der Waals surface area contributed by atoms with Crippen LogP contribution in [0, 0.1) is 5.41 Å². The number of hydrogen-bond acceptors (Lipinski definition) is 2. The van der Waals surface area contributed by atoms with E-state index in [0.29, 0.717) is 5.41 Å². The van der Waals surface area contributed by atoms with Crippen molar-refractivity contribution in [3.05, 3.63) is 0 Å². The summed E-state index contributed by atoms with van der Waals surface area (Å²) in [6, 6.07) is 0.819. The highest BCUT2D eigenvalue weighted by molar-refractivity contribution is 4.85. The molecule has 0 heterocycles. The number of ether oxygens (including phenoxy) is 1. The van der Waals surface area contributed by atoms with Crippen molar-refractivity contribution >= 4 is 0 Å². The third kappa shape index (κ3) is 5.53. The van der Waals surface area contributed by atoms with Crippen LogP contribution in [-0.2, 0) is 4.74 Å². The minimum absolute atomic E-state index is 0.0247. The lowest BCUT2D eigenvalue weighted by atomic mass is 9.84. The van der Waals surface area contributed by atoms with Crippen molar-refractivity contribution in [3.63, 3.8) is 0 Å². The van der Waals surface area contributed by atoms with E-state index in [1.165, 1.54) is 19.3 Å². The van der Waals surface area contributed by atoms with Crippen LogP contribution in [0.3, 0.4) is 0 Å². The zero-order valence-electron chi connectivity index (χ0n) is 11.0. The minimum atomic E-state index is 0.0247. The van der Waals surface area contributed by atoms with Crippen molar-refractivity contribution in [3.8, 4) is 0 Å². The standard InChI is InChI=1S/C13H27NO/c1-12(2,10-14-11-6-7-11)8-9-13(3,4)15-5/h11,14H,6-10H2,1-5H3. The Bertz CT molecular complexity index is 195. The fourth-order valence-corrected chi connectivity index (χ4v) is 1.54. The summed E-state index contributed by atoms with van der Waals surface area (Å²) < 4.78 is 5.45. The second-order valence-electron chi connectivity index (χ2n) is 6.28. The number of methoxy groups -OCH3 is 1. The molecule has 1 saturated carbocycles. The molecule has 1 N–H and O–H groups in total. The summed E-state index contributed by atoms with van der Waals surface area (Å²) in [7, 11) is 1.80. The van der Waals surface area contributed by atoms with Gasteiger partial charge in [-0.05, 0) is 44.9 Å². The molecule has 1 aliphatic rings. The molecule has 0 bridgehead atoms. The van der Waals surface area contributed by atoms with E-state index < -0.39 is 0 Å². The van der Waals surface area contributed by atoms with Crippen LogP contribution in [0.2, 0.25) is 0 Å². The van der Waals surface area contributed by atoms with Crippen LogP contribution >= 0.6 is 0 Å². The van der Waals surface area contributed by atoms with E-state index in [-0.39, 0.29) is 5.60 Å². The molecule has 0 radical (unpaired) electrons. The molecule has 0 amide bonds. The van der Waals surface area contributed by atoms with Gasteiger partial charge in [0.2, 0.25) is 0 Å². The average Bonchev–Trinajstić information content (AvgIpc) is 2.96. The molecule has 1 rings (SSSR count). The molecule has 0 atom stereocenters. The Balaban J connectivity index is 2.21. The average molecular weight is 213 g/mol. The Morgan fingerprint density at radius 3 is 2.20 bits per heavy atom. The van der Waals surface area contributed by atoms with Crippen molar-refractivity contribution < 1.29 is 4.74 Å². The summed E-state index contributed by atoms with van der Waals surface area (Å²) in [6.45, 7) is 10.1. The predicted octanol–water partition coefficient (Wildman–Crippen LogP) is 2.97. The first-order valence-corrected chi connectivity index (χ1v) is 6.13. The van der Waals surface area contributed by atoms with Gasteiger partial charge in [0.15, 0.2) is 0 Å². The smallest absolute Gasteiger partial charge is 0.0623 e. The first kappa shape index (κ1) is 13.0. The molecule has 0 aromatic heterocycles. The summed E-state index contributed by atoms with van der Waals surface area (Å²) in [5, 5.41) is 3.61. The monoisotopic (exact) mass is 213 g/mol. The largest absolute Gasteiger partial charge is 0.379 e. The second kappa shape index (κ2) is 4.84. The van der Waals surface area contributed by atoms with Crippen LogP contribution in [0.5, 0.6) is 0 Å². The van der Waals surface area contributed by atoms with Crippen molar-refractivity contribution in [1.29, 1.82) is 0 Å². The lowest BCUT2D eigenvalue weighted by Gasteiger charge is -2.30. The second-order valence-corrected chi connectivity index (χ2v) is 6.28. The van der Waals surface area contributed by atoms with Crippen molar-refractivity contribution in [2.75, 3.05) is 13.7 Å². The van der Waals surface area contributed by atoms with Crippen LogP contribution in [-0.4, -0.2) is 25.3 Å². The summed E-state index contributed by atoms with van der Waals surface area (Å²) in [6.07, 6.45) is 5.09.